The van der Waals surface area contributed by atoms with E-state index in [1.54, 1.807) is 0 Å². The van der Waals surface area contributed by atoms with Crippen LogP contribution in [0.25, 0.3) is 76.4 Å². The summed E-state index contributed by atoms with van der Waals surface area (Å²) in [6.45, 7) is 6.09. The Bertz CT molecular complexity index is 2820. The maximum Gasteiger partial charge on any atom is 0.416 e. The van der Waals surface area contributed by atoms with Crippen LogP contribution in [-0.2, 0) is 6.18 Å². The van der Waals surface area contributed by atoms with Gasteiger partial charge in [-0.3, -0.25) is 0 Å². The third-order valence-electron chi connectivity index (χ3n) is 9.62. The molecule has 47 heavy (non-hydrogen) atoms. The van der Waals surface area contributed by atoms with Crippen LogP contribution in [0.5, 0.6) is 0 Å². The molecule has 0 saturated carbocycles. The van der Waals surface area contributed by atoms with Crippen LogP contribution in [-0.4, -0.2) is 8.97 Å². The van der Waals surface area contributed by atoms with Gasteiger partial charge in [0, 0.05) is 26.9 Å². The normalized spacial score (nSPS) is 12.4. The maximum atomic E-state index is 14.5. The van der Waals surface area contributed by atoms with E-state index in [0.29, 0.717) is 38.3 Å². The van der Waals surface area contributed by atoms with Gasteiger partial charge in [0.2, 0.25) is 0 Å². The molecule has 0 fully saturated rings. The van der Waals surface area contributed by atoms with E-state index in [-0.39, 0.29) is 0 Å². The summed E-state index contributed by atoms with van der Waals surface area (Å²) in [5.74, 6) is 0. The minimum Gasteiger partial charge on any atom is -0.309 e. The van der Waals surface area contributed by atoms with Gasteiger partial charge in [-0.05, 0) is 108 Å². The van der Waals surface area contributed by atoms with Gasteiger partial charge in [0.25, 0.3) is 0 Å². The predicted molar refractivity (Wildman–Crippen MR) is 186 cm³/mol. The molecule has 9 aromatic rings. The number of rotatable bonds is 1. The number of aromatic nitrogens is 2. The Morgan fingerprint density at radius 1 is 0.511 bits per heavy atom. The molecule has 4 bridgehead atoms. The van der Waals surface area contributed by atoms with Crippen LogP contribution in [0.4, 0.5) is 13.2 Å². The van der Waals surface area contributed by atoms with E-state index in [4.69, 9.17) is 0 Å². The molecule has 6 aromatic carbocycles. The molecule has 0 saturated heterocycles. The van der Waals surface area contributed by atoms with Gasteiger partial charge in [-0.1, -0.05) is 48.5 Å². The summed E-state index contributed by atoms with van der Waals surface area (Å²) >= 11 is 0. The van der Waals surface area contributed by atoms with Crippen LogP contribution in [0.15, 0.2) is 103 Å². The van der Waals surface area contributed by atoms with Crippen LogP contribution < -0.4 is 0 Å². The van der Waals surface area contributed by atoms with E-state index in [9.17, 15) is 18.4 Å². The van der Waals surface area contributed by atoms with Crippen molar-refractivity contribution >= 4 is 70.7 Å². The van der Waals surface area contributed by atoms with E-state index in [1.807, 2.05) is 57.2 Å². The molecule has 0 aliphatic rings. The zero-order chi connectivity index (χ0) is 32.4. The van der Waals surface area contributed by atoms with Gasteiger partial charge in [0.05, 0.1) is 44.4 Å². The van der Waals surface area contributed by atoms with Crippen molar-refractivity contribution in [2.75, 3.05) is 0 Å². The molecule has 0 amide bonds. The molecule has 0 unspecified atom stereocenters. The van der Waals surface area contributed by atoms with Crippen LogP contribution in [0.2, 0.25) is 0 Å². The summed E-state index contributed by atoms with van der Waals surface area (Å²) < 4.78 is 47.6. The number of halogens is 3. The molecule has 9 rings (SSSR count). The number of fused-ring (bicyclic) bond motifs is 13. The van der Waals surface area contributed by atoms with Gasteiger partial charge >= 0.3 is 6.18 Å². The Morgan fingerprint density at radius 2 is 1.02 bits per heavy atom. The fraction of sp³-hybridized carbons (Fsp3) is 0.0976. The van der Waals surface area contributed by atoms with Crippen molar-refractivity contribution in [1.82, 2.24) is 8.97 Å². The fourth-order valence-corrected chi connectivity index (χ4v) is 7.45. The highest BCUT2D eigenvalue weighted by Crippen LogP contribution is 2.40. The second-order valence-corrected chi connectivity index (χ2v) is 12.8. The van der Waals surface area contributed by atoms with Crippen molar-refractivity contribution in [3.05, 3.63) is 131 Å². The zero-order valence-electron chi connectivity index (χ0n) is 25.8. The van der Waals surface area contributed by atoms with Crippen molar-refractivity contribution in [1.29, 1.82) is 5.26 Å². The zero-order valence-corrected chi connectivity index (χ0v) is 25.8. The number of hydrogen-bond acceptors (Lipinski definition) is 1. The molecule has 3 heterocycles. The number of hydrogen-bond donors (Lipinski definition) is 0. The van der Waals surface area contributed by atoms with E-state index < -0.39 is 11.7 Å². The van der Waals surface area contributed by atoms with E-state index in [0.717, 1.165) is 60.3 Å². The van der Waals surface area contributed by atoms with Crippen molar-refractivity contribution in [2.24, 2.45) is 0 Å². The average Bonchev–Trinajstić information content (AvgIpc) is 3.54. The molecule has 0 aliphatic heterocycles. The lowest BCUT2D eigenvalue weighted by molar-refractivity contribution is -0.137. The predicted octanol–water partition coefficient (Wildman–Crippen LogP) is 11.5. The van der Waals surface area contributed by atoms with Gasteiger partial charge in [-0.15, -0.1) is 0 Å². The Balaban J connectivity index is 1.58. The molecule has 3 nitrogen and oxygen atoms in total. The molecule has 3 aromatic heterocycles. The number of nitriles is 1. The van der Waals surface area contributed by atoms with Crippen LogP contribution in [0.3, 0.4) is 0 Å². The van der Waals surface area contributed by atoms with Gasteiger partial charge in [-0.25, -0.2) is 0 Å². The van der Waals surface area contributed by atoms with Gasteiger partial charge in [-0.2, -0.15) is 18.4 Å². The summed E-state index contributed by atoms with van der Waals surface area (Å²) in [4.78, 5) is 0. The number of alkyl halides is 3. The lowest BCUT2D eigenvalue weighted by Gasteiger charge is -2.14. The molecule has 0 atom stereocenters. The largest absolute Gasteiger partial charge is 0.416 e. The van der Waals surface area contributed by atoms with Crippen molar-refractivity contribution in [3.8, 4) is 11.8 Å². The highest BCUT2D eigenvalue weighted by molar-refractivity contribution is 6.15. The average molecular weight is 618 g/mol. The molecule has 0 spiro atoms. The van der Waals surface area contributed by atoms with E-state index in [1.165, 1.54) is 12.1 Å². The van der Waals surface area contributed by atoms with Crippen LogP contribution in [0, 0.1) is 32.1 Å². The third-order valence-corrected chi connectivity index (χ3v) is 9.62. The highest BCUT2D eigenvalue weighted by Gasteiger charge is 2.31. The van der Waals surface area contributed by atoms with Gasteiger partial charge < -0.3 is 8.97 Å². The first kappa shape index (κ1) is 27.5. The quantitative estimate of drug-likeness (QED) is 0.180. The van der Waals surface area contributed by atoms with E-state index in [2.05, 4.69) is 69.6 Å². The molecular formula is C41H26F3N3. The van der Waals surface area contributed by atoms with Crippen LogP contribution >= 0.6 is 0 Å². The minimum absolute atomic E-state index is 0.427. The Hall–Kier alpha value is -5.80. The molecule has 0 radical (unpaired) electrons. The van der Waals surface area contributed by atoms with Crippen molar-refractivity contribution < 1.29 is 13.2 Å². The highest BCUT2D eigenvalue weighted by atomic mass is 19.4. The Morgan fingerprint density at radius 3 is 1.62 bits per heavy atom. The second kappa shape index (κ2) is 9.37. The lowest BCUT2D eigenvalue weighted by Crippen LogP contribution is -2.04. The Labute approximate surface area is 267 Å². The monoisotopic (exact) mass is 617 g/mol. The Kier molecular flexibility index (Phi) is 5.48. The van der Waals surface area contributed by atoms with Gasteiger partial charge in [0.1, 0.15) is 6.07 Å². The summed E-state index contributed by atoms with van der Waals surface area (Å²) in [5, 5.41) is 17.1. The number of benzene rings is 6. The maximum absolute atomic E-state index is 14.5. The smallest absolute Gasteiger partial charge is 0.309 e. The standard InChI is InChI=1S/C41H26F3N3/c1-22-4-8-30-31-9-5-23(2)13-37(31)46(36(30)12-22)35-20-34-27-15-26(16-29(17-27)41(42,43)44)25-7-11-33-32-10-6-24(3)14-38(32)47(39(33)18-25)40(34)19-28(35)21-45/h4-20H,1-3H3. The van der Waals surface area contributed by atoms with E-state index >= 15 is 0 Å². The molecular weight excluding hydrogens is 591 g/mol. The topological polar surface area (TPSA) is 33.1 Å². The summed E-state index contributed by atoms with van der Waals surface area (Å²) in [6.07, 6.45) is -4.54. The van der Waals surface area contributed by atoms with Crippen LogP contribution in [0.1, 0.15) is 27.8 Å². The summed E-state index contributed by atoms with van der Waals surface area (Å²) in [5.41, 5.74) is 7.88. The minimum atomic E-state index is -4.54. The third kappa shape index (κ3) is 3.93. The lowest BCUT2D eigenvalue weighted by atomic mass is 10.0. The second-order valence-electron chi connectivity index (χ2n) is 12.8. The SMILES string of the molecule is Cc1ccc2c3ccc(C)cc3n(-c3cc4c5cc(C(F)(F)F)cc(c5)c5ccc6c7ccc(C)cc7n(c4cc3C#N)c6c5)c2c1. The van der Waals surface area contributed by atoms with Crippen molar-refractivity contribution in [3.63, 3.8) is 0 Å². The molecule has 0 N–H and O–H groups in total. The molecule has 0 aliphatic carbocycles. The first-order valence-corrected chi connectivity index (χ1v) is 15.5. The van der Waals surface area contributed by atoms with Gasteiger partial charge in [0.15, 0.2) is 0 Å². The first-order chi connectivity index (χ1) is 22.6. The summed E-state index contributed by atoms with van der Waals surface area (Å²) in [6, 6.07) is 35.2. The molecule has 6 heteroatoms. The van der Waals surface area contributed by atoms with Crippen molar-refractivity contribution in [2.45, 2.75) is 26.9 Å². The number of nitrogens with zero attached hydrogens (tertiary/aromatic N) is 3. The molecule has 226 valence electrons. The fourth-order valence-electron chi connectivity index (χ4n) is 7.45. The number of aryl methyl sites for hydroxylation is 3. The first-order valence-electron chi connectivity index (χ1n) is 15.5. The summed E-state index contributed by atoms with van der Waals surface area (Å²) in [7, 11) is 0.